The van der Waals surface area contributed by atoms with Crippen LogP contribution in [0.3, 0.4) is 0 Å². The van der Waals surface area contributed by atoms with Crippen LogP contribution in [0.5, 0.6) is 11.8 Å². The zero-order chi connectivity index (χ0) is 21.1. The highest BCUT2D eigenvalue weighted by molar-refractivity contribution is 5.99. The van der Waals surface area contributed by atoms with E-state index >= 15 is 0 Å². The van der Waals surface area contributed by atoms with Crippen LogP contribution in [0.4, 0.5) is 0 Å². The lowest BCUT2D eigenvalue weighted by Gasteiger charge is -2.51. The molecule has 0 aliphatic carbocycles. The number of piperidine rings is 1. The maximum Gasteiger partial charge on any atom is 0.260 e. The van der Waals surface area contributed by atoms with Crippen molar-refractivity contribution in [3.63, 3.8) is 0 Å². The molecular weight excluding hydrogens is 386 g/mol. The Bertz CT molecular complexity index is 781. The van der Waals surface area contributed by atoms with Crippen LogP contribution in [0, 0.1) is 5.41 Å². The normalized spacial score (nSPS) is 23.5. The Morgan fingerprint density at radius 1 is 1.03 bits per heavy atom. The first kappa shape index (κ1) is 20.9. The molecular formula is C22H31N3O5. The Balaban J connectivity index is 1.70. The fraction of sp³-hybridized carbons (Fsp3) is 0.682. The summed E-state index contributed by atoms with van der Waals surface area (Å²) in [6, 6.07) is 2.87. The molecule has 0 bridgehead atoms. The van der Waals surface area contributed by atoms with E-state index in [0.717, 1.165) is 51.6 Å². The number of hydrogen-bond donors (Lipinski definition) is 0. The average molecular weight is 418 g/mol. The smallest absolute Gasteiger partial charge is 0.260 e. The first-order chi connectivity index (χ1) is 14.6. The van der Waals surface area contributed by atoms with E-state index in [1.54, 1.807) is 17.0 Å². The molecule has 1 unspecified atom stereocenters. The van der Waals surface area contributed by atoms with E-state index in [-0.39, 0.29) is 23.1 Å². The van der Waals surface area contributed by atoms with E-state index in [1.807, 2.05) is 4.90 Å². The predicted octanol–water partition coefficient (Wildman–Crippen LogP) is 2.12. The van der Waals surface area contributed by atoms with Gasteiger partial charge in [0.15, 0.2) is 0 Å². The highest BCUT2D eigenvalue weighted by Crippen LogP contribution is 2.45. The van der Waals surface area contributed by atoms with Crippen molar-refractivity contribution < 1.29 is 23.8 Å². The second-order valence-corrected chi connectivity index (χ2v) is 8.42. The lowest BCUT2D eigenvalue weighted by atomic mass is 9.67. The zero-order valence-corrected chi connectivity index (χ0v) is 17.9. The van der Waals surface area contributed by atoms with Gasteiger partial charge in [0.05, 0.1) is 14.2 Å². The molecule has 3 aliphatic heterocycles. The van der Waals surface area contributed by atoms with Crippen molar-refractivity contribution in [3.8, 4) is 11.8 Å². The Morgan fingerprint density at radius 3 is 2.43 bits per heavy atom. The quantitative estimate of drug-likeness (QED) is 0.747. The second kappa shape index (κ2) is 8.79. The molecule has 1 aromatic heterocycles. The summed E-state index contributed by atoms with van der Waals surface area (Å²) in [5.41, 5.74) is 0.139. The Morgan fingerprint density at radius 2 is 1.77 bits per heavy atom. The molecule has 1 spiro atoms. The van der Waals surface area contributed by atoms with Gasteiger partial charge in [0.1, 0.15) is 11.6 Å². The number of ether oxygens (including phenoxy) is 3. The van der Waals surface area contributed by atoms with Crippen molar-refractivity contribution in [2.75, 3.05) is 47.1 Å². The van der Waals surface area contributed by atoms with Gasteiger partial charge in [0, 0.05) is 44.3 Å². The molecule has 2 amide bonds. The number of aromatic nitrogens is 1. The number of rotatable bonds is 4. The van der Waals surface area contributed by atoms with Crippen LogP contribution in [0.2, 0.25) is 0 Å². The minimum absolute atomic E-state index is 0.0860. The summed E-state index contributed by atoms with van der Waals surface area (Å²) in [7, 11) is 3.01. The molecule has 164 valence electrons. The molecule has 30 heavy (non-hydrogen) atoms. The van der Waals surface area contributed by atoms with Crippen molar-refractivity contribution >= 4 is 11.8 Å². The van der Waals surface area contributed by atoms with Crippen LogP contribution in [0.15, 0.2) is 12.1 Å². The zero-order valence-electron chi connectivity index (χ0n) is 17.9. The topological polar surface area (TPSA) is 81.2 Å². The van der Waals surface area contributed by atoms with E-state index in [4.69, 9.17) is 14.2 Å². The van der Waals surface area contributed by atoms with Crippen molar-refractivity contribution in [1.82, 2.24) is 14.8 Å². The van der Waals surface area contributed by atoms with Gasteiger partial charge >= 0.3 is 0 Å². The fourth-order valence-electron chi connectivity index (χ4n) is 5.23. The molecule has 0 N–H and O–H groups in total. The third-order valence-electron chi connectivity index (χ3n) is 6.83. The largest absolute Gasteiger partial charge is 0.481 e. The molecule has 1 aromatic rings. The summed E-state index contributed by atoms with van der Waals surface area (Å²) in [6.45, 7) is 3.38. The van der Waals surface area contributed by atoms with Crippen LogP contribution in [-0.2, 0) is 9.53 Å². The van der Waals surface area contributed by atoms with Crippen LogP contribution in [-0.4, -0.2) is 79.7 Å². The summed E-state index contributed by atoms with van der Waals surface area (Å²) < 4.78 is 16.2. The van der Waals surface area contributed by atoms with Gasteiger partial charge in [0.2, 0.25) is 17.7 Å². The number of carbonyl (C=O) groups is 2. The number of likely N-dealkylation sites (tertiary alicyclic amines) is 2. The predicted molar refractivity (Wildman–Crippen MR) is 110 cm³/mol. The average Bonchev–Trinajstić information content (AvgIpc) is 3.33. The second-order valence-electron chi connectivity index (χ2n) is 8.42. The summed E-state index contributed by atoms with van der Waals surface area (Å²) in [5, 5.41) is 0. The van der Waals surface area contributed by atoms with E-state index in [9.17, 15) is 9.59 Å². The molecule has 0 radical (unpaired) electrons. The third kappa shape index (κ3) is 3.73. The van der Waals surface area contributed by atoms with Gasteiger partial charge < -0.3 is 24.0 Å². The number of carbonyl (C=O) groups excluding carboxylic acids is 2. The van der Waals surface area contributed by atoms with Gasteiger partial charge in [-0.2, -0.15) is 4.98 Å². The van der Waals surface area contributed by atoms with Crippen molar-refractivity contribution in [3.05, 3.63) is 17.7 Å². The summed E-state index contributed by atoms with van der Waals surface area (Å²) in [4.78, 5) is 35.4. The van der Waals surface area contributed by atoms with Crippen LogP contribution >= 0.6 is 0 Å². The number of amides is 2. The maximum absolute atomic E-state index is 13.7. The minimum Gasteiger partial charge on any atom is -0.481 e. The van der Waals surface area contributed by atoms with Gasteiger partial charge in [-0.3, -0.25) is 9.59 Å². The van der Waals surface area contributed by atoms with Gasteiger partial charge in [-0.05, 0) is 44.6 Å². The maximum atomic E-state index is 13.7. The van der Waals surface area contributed by atoms with E-state index in [1.165, 1.54) is 14.2 Å². The highest BCUT2D eigenvalue weighted by atomic mass is 16.5. The first-order valence-electron chi connectivity index (χ1n) is 10.9. The lowest BCUT2D eigenvalue weighted by Crippen LogP contribution is -2.62. The molecule has 4 heterocycles. The summed E-state index contributed by atoms with van der Waals surface area (Å²) in [5.74, 6) is 0.485. The molecule has 0 saturated carbocycles. The third-order valence-corrected chi connectivity index (χ3v) is 6.83. The van der Waals surface area contributed by atoms with E-state index in [0.29, 0.717) is 31.2 Å². The van der Waals surface area contributed by atoms with Gasteiger partial charge in [0.25, 0.3) is 5.91 Å². The fourth-order valence-corrected chi connectivity index (χ4v) is 5.23. The minimum atomic E-state index is -0.465. The number of hydrogen-bond acceptors (Lipinski definition) is 6. The molecule has 1 atom stereocenters. The van der Waals surface area contributed by atoms with Gasteiger partial charge in [-0.1, -0.05) is 0 Å². The molecule has 3 fully saturated rings. The van der Waals surface area contributed by atoms with Crippen LogP contribution < -0.4 is 9.47 Å². The number of pyridine rings is 1. The first-order valence-corrected chi connectivity index (χ1v) is 10.9. The number of methoxy groups -OCH3 is 2. The highest BCUT2D eigenvalue weighted by Gasteiger charge is 2.52. The molecule has 4 rings (SSSR count). The Kier molecular flexibility index (Phi) is 6.13. The molecule has 8 nitrogen and oxygen atoms in total. The SMILES string of the molecule is COc1ccc(C(=O)N2CCCC3(CCOCC3)C2C(=O)N2CCCC2)c(OC)n1. The van der Waals surface area contributed by atoms with Crippen LogP contribution in [0.1, 0.15) is 48.9 Å². The molecule has 3 aliphatic rings. The standard InChI is InChI=1S/C22H31N3O5/c1-28-17-7-6-16(19(23-17)29-2)20(26)25-13-5-8-22(9-14-30-15-10-22)18(25)21(27)24-11-3-4-12-24/h6-7,18H,3-5,8-15H2,1-2H3. The number of nitrogens with zero attached hydrogens (tertiary/aromatic N) is 3. The molecule has 3 saturated heterocycles. The van der Waals surface area contributed by atoms with Gasteiger partial charge in [-0.15, -0.1) is 0 Å². The Labute approximate surface area is 177 Å². The van der Waals surface area contributed by atoms with E-state index < -0.39 is 6.04 Å². The molecule has 8 heteroatoms. The van der Waals surface area contributed by atoms with Crippen molar-refractivity contribution in [1.29, 1.82) is 0 Å². The van der Waals surface area contributed by atoms with Crippen LogP contribution in [0.25, 0.3) is 0 Å². The summed E-state index contributed by atoms with van der Waals surface area (Å²) >= 11 is 0. The van der Waals surface area contributed by atoms with Gasteiger partial charge in [-0.25, -0.2) is 0 Å². The monoisotopic (exact) mass is 417 g/mol. The van der Waals surface area contributed by atoms with Crippen molar-refractivity contribution in [2.24, 2.45) is 5.41 Å². The lowest BCUT2D eigenvalue weighted by molar-refractivity contribution is -0.147. The Hall–Kier alpha value is -2.35. The van der Waals surface area contributed by atoms with Crippen molar-refractivity contribution in [2.45, 2.75) is 44.6 Å². The molecule has 0 aromatic carbocycles. The van der Waals surface area contributed by atoms with E-state index in [2.05, 4.69) is 4.98 Å². The summed E-state index contributed by atoms with van der Waals surface area (Å²) in [6.07, 6.45) is 5.49.